The van der Waals surface area contributed by atoms with Crippen molar-refractivity contribution in [2.45, 2.75) is 32.7 Å². The van der Waals surface area contributed by atoms with Crippen LogP contribution >= 0.6 is 24.0 Å². The Labute approximate surface area is 174 Å². The van der Waals surface area contributed by atoms with Gasteiger partial charge in [0.25, 0.3) is 0 Å². The van der Waals surface area contributed by atoms with Gasteiger partial charge in [-0.05, 0) is 36.8 Å². The van der Waals surface area contributed by atoms with Crippen molar-refractivity contribution in [1.29, 1.82) is 0 Å². The van der Waals surface area contributed by atoms with E-state index in [1.54, 1.807) is 7.11 Å². The van der Waals surface area contributed by atoms with Gasteiger partial charge in [0.15, 0.2) is 5.96 Å². The summed E-state index contributed by atoms with van der Waals surface area (Å²) in [6, 6.07) is 12.3. The minimum absolute atomic E-state index is 0. The molecule has 0 spiro atoms. The predicted molar refractivity (Wildman–Crippen MR) is 120 cm³/mol. The standard InChI is InChI=1S/C20H30N4O.HI/c1-5-21-19(22-12-15-24-13-6-7-14-24)23-16-20(2,3)17-8-10-18(25-4)11-9-17;/h6-11,13-14H,5,12,15-16H2,1-4H3,(H2,21,22,23);1H. The fraction of sp³-hybridized carbons (Fsp3) is 0.450. The van der Waals surface area contributed by atoms with Gasteiger partial charge in [0, 0.05) is 37.4 Å². The second-order valence-electron chi connectivity index (χ2n) is 6.66. The summed E-state index contributed by atoms with van der Waals surface area (Å²) < 4.78 is 7.39. The summed E-state index contributed by atoms with van der Waals surface area (Å²) in [6.07, 6.45) is 4.14. The van der Waals surface area contributed by atoms with Crippen LogP contribution in [0.2, 0.25) is 0 Å². The normalized spacial score (nSPS) is 11.6. The Kier molecular flexibility index (Phi) is 9.54. The van der Waals surface area contributed by atoms with Gasteiger partial charge in [-0.25, -0.2) is 0 Å². The molecule has 0 atom stereocenters. The van der Waals surface area contributed by atoms with Gasteiger partial charge in [-0.15, -0.1) is 24.0 Å². The van der Waals surface area contributed by atoms with E-state index in [1.165, 1.54) is 5.56 Å². The molecule has 0 bridgehead atoms. The third kappa shape index (κ3) is 6.90. The molecule has 0 fully saturated rings. The van der Waals surface area contributed by atoms with Crippen molar-refractivity contribution in [2.75, 3.05) is 26.7 Å². The quantitative estimate of drug-likeness (QED) is 0.352. The smallest absolute Gasteiger partial charge is 0.191 e. The molecule has 0 aliphatic carbocycles. The Morgan fingerprint density at radius 3 is 2.35 bits per heavy atom. The van der Waals surface area contributed by atoms with Gasteiger partial charge in [0.2, 0.25) is 0 Å². The van der Waals surface area contributed by atoms with Gasteiger partial charge in [0.05, 0.1) is 13.7 Å². The lowest BCUT2D eigenvalue weighted by Gasteiger charge is -2.24. The first kappa shape index (κ1) is 22.3. The molecule has 0 aliphatic heterocycles. The zero-order valence-corrected chi connectivity index (χ0v) is 18.5. The summed E-state index contributed by atoms with van der Waals surface area (Å²) in [7, 11) is 1.69. The number of rotatable bonds is 8. The maximum absolute atomic E-state index is 5.24. The molecule has 1 aromatic carbocycles. The molecule has 2 N–H and O–H groups in total. The molecule has 0 unspecified atom stereocenters. The van der Waals surface area contributed by atoms with Crippen LogP contribution in [0.4, 0.5) is 0 Å². The Morgan fingerprint density at radius 1 is 1.12 bits per heavy atom. The molecule has 0 amide bonds. The van der Waals surface area contributed by atoms with Crippen molar-refractivity contribution in [1.82, 2.24) is 15.2 Å². The van der Waals surface area contributed by atoms with Crippen LogP contribution in [0.25, 0.3) is 0 Å². The molecule has 2 aromatic rings. The molecule has 26 heavy (non-hydrogen) atoms. The highest BCUT2D eigenvalue weighted by Crippen LogP contribution is 2.25. The monoisotopic (exact) mass is 470 g/mol. The highest BCUT2D eigenvalue weighted by molar-refractivity contribution is 14.0. The number of halogens is 1. The summed E-state index contributed by atoms with van der Waals surface area (Å²) >= 11 is 0. The minimum Gasteiger partial charge on any atom is -0.497 e. The van der Waals surface area contributed by atoms with E-state index in [0.29, 0.717) is 6.54 Å². The Bertz CT molecular complexity index is 651. The number of aromatic nitrogens is 1. The van der Waals surface area contributed by atoms with Gasteiger partial charge >= 0.3 is 0 Å². The second-order valence-corrected chi connectivity index (χ2v) is 6.66. The van der Waals surface area contributed by atoms with E-state index in [9.17, 15) is 0 Å². The van der Waals surface area contributed by atoms with Crippen molar-refractivity contribution >= 4 is 29.9 Å². The van der Waals surface area contributed by atoms with Crippen molar-refractivity contribution in [3.05, 3.63) is 54.4 Å². The lowest BCUT2D eigenvalue weighted by atomic mass is 9.85. The lowest BCUT2D eigenvalue weighted by molar-refractivity contribution is 0.414. The number of benzene rings is 1. The van der Waals surface area contributed by atoms with Gasteiger partial charge in [-0.1, -0.05) is 26.0 Å². The molecule has 0 saturated carbocycles. The molecule has 0 aliphatic rings. The first-order valence-electron chi connectivity index (χ1n) is 8.82. The molecular weight excluding hydrogens is 439 g/mol. The number of hydrogen-bond acceptors (Lipinski definition) is 2. The average Bonchev–Trinajstić information content (AvgIpc) is 3.13. The van der Waals surface area contributed by atoms with Crippen LogP contribution in [0.1, 0.15) is 26.3 Å². The summed E-state index contributed by atoms with van der Waals surface area (Å²) in [6.45, 7) is 9.81. The number of nitrogens with zero attached hydrogens (tertiary/aromatic N) is 2. The van der Waals surface area contributed by atoms with Crippen LogP contribution in [0, 0.1) is 0 Å². The van der Waals surface area contributed by atoms with E-state index >= 15 is 0 Å². The molecule has 1 aromatic heterocycles. The Morgan fingerprint density at radius 2 is 1.77 bits per heavy atom. The first-order chi connectivity index (χ1) is 12.0. The maximum Gasteiger partial charge on any atom is 0.191 e. The van der Waals surface area contributed by atoms with E-state index < -0.39 is 0 Å². The highest BCUT2D eigenvalue weighted by atomic mass is 127. The number of hydrogen-bond donors (Lipinski definition) is 2. The van der Waals surface area contributed by atoms with Crippen LogP contribution in [-0.2, 0) is 12.0 Å². The van der Waals surface area contributed by atoms with E-state index in [2.05, 4.69) is 60.5 Å². The number of nitrogens with one attached hydrogen (secondary N) is 2. The van der Waals surface area contributed by atoms with E-state index in [1.807, 2.05) is 24.3 Å². The largest absolute Gasteiger partial charge is 0.497 e. The van der Waals surface area contributed by atoms with Crippen LogP contribution in [0.15, 0.2) is 53.8 Å². The maximum atomic E-state index is 5.24. The van der Waals surface area contributed by atoms with Crippen LogP contribution in [0.5, 0.6) is 5.75 Å². The number of aliphatic imine (C=N–C) groups is 1. The van der Waals surface area contributed by atoms with Crippen LogP contribution in [0.3, 0.4) is 0 Å². The SMILES string of the molecule is CCNC(=NCC(C)(C)c1ccc(OC)cc1)NCCn1cccc1.I. The molecule has 144 valence electrons. The van der Waals surface area contributed by atoms with Gasteiger partial charge < -0.3 is 19.9 Å². The first-order valence-corrected chi connectivity index (χ1v) is 8.82. The number of guanidine groups is 1. The Balaban J connectivity index is 0.00000338. The zero-order chi connectivity index (χ0) is 18.1. The van der Waals surface area contributed by atoms with Gasteiger partial charge in [-0.2, -0.15) is 0 Å². The van der Waals surface area contributed by atoms with Crippen molar-refractivity contribution in [2.24, 2.45) is 4.99 Å². The van der Waals surface area contributed by atoms with Crippen LogP contribution in [-0.4, -0.2) is 37.3 Å². The molecule has 0 saturated heterocycles. The fourth-order valence-electron chi connectivity index (χ4n) is 2.57. The van der Waals surface area contributed by atoms with Crippen LogP contribution < -0.4 is 15.4 Å². The number of ether oxygens (including phenoxy) is 1. The molecule has 2 rings (SSSR count). The highest BCUT2D eigenvalue weighted by Gasteiger charge is 2.20. The van der Waals surface area contributed by atoms with Crippen molar-refractivity contribution in [3.8, 4) is 5.75 Å². The van der Waals surface area contributed by atoms with E-state index in [0.717, 1.165) is 31.3 Å². The number of methoxy groups -OCH3 is 1. The lowest BCUT2D eigenvalue weighted by Crippen LogP contribution is -2.39. The molecule has 1 heterocycles. The topological polar surface area (TPSA) is 50.6 Å². The molecule has 0 radical (unpaired) electrons. The third-order valence-corrected chi connectivity index (χ3v) is 4.18. The van der Waals surface area contributed by atoms with E-state index in [-0.39, 0.29) is 29.4 Å². The molecule has 6 heteroatoms. The third-order valence-electron chi connectivity index (χ3n) is 4.18. The fourth-order valence-corrected chi connectivity index (χ4v) is 2.57. The van der Waals surface area contributed by atoms with E-state index in [4.69, 9.17) is 9.73 Å². The minimum atomic E-state index is -0.0466. The van der Waals surface area contributed by atoms with Gasteiger partial charge in [-0.3, -0.25) is 4.99 Å². The summed E-state index contributed by atoms with van der Waals surface area (Å²) in [5.41, 5.74) is 1.20. The summed E-state index contributed by atoms with van der Waals surface area (Å²) in [4.78, 5) is 4.78. The predicted octanol–water partition coefficient (Wildman–Crippen LogP) is 3.65. The second kappa shape index (κ2) is 11.1. The van der Waals surface area contributed by atoms with Gasteiger partial charge in [0.1, 0.15) is 5.75 Å². The molecule has 5 nitrogen and oxygen atoms in total. The zero-order valence-electron chi connectivity index (χ0n) is 16.2. The van der Waals surface area contributed by atoms with Crippen molar-refractivity contribution < 1.29 is 4.74 Å². The summed E-state index contributed by atoms with van der Waals surface area (Å²) in [5.74, 6) is 1.74. The average molecular weight is 470 g/mol. The Hall–Kier alpha value is -1.70. The molecular formula is C20H31IN4O. The summed E-state index contributed by atoms with van der Waals surface area (Å²) in [5, 5.41) is 6.71. The van der Waals surface area contributed by atoms with Crippen molar-refractivity contribution in [3.63, 3.8) is 0 Å².